The molecular weight excluding hydrogens is 250 g/mol. The summed E-state index contributed by atoms with van der Waals surface area (Å²) in [6.45, 7) is 0. The van der Waals surface area contributed by atoms with Crippen molar-refractivity contribution in [2.75, 3.05) is 7.11 Å². The summed E-state index contributed by atoms with van der Waals surface area (Å²) >= 11 is 0. The summed E-state index contributed by atoms with van der Waals surface area (Å²) in [4.78, 5) is 16.6. The molecule has 0 saturated heterocycles. The van der Waals surface area contributed by atoms with Crippen molar-refractivity contribution in [1.82, 2.24) is 0 Å². The van der Waals surface area contributed by atoms with Gasteiger partial charge in [-0.1, -0.05) is 60.7 Å². The molecule has 1 aliphatic heterocycles. The van der Waals surface area contributed by atoms with Gasteiger partial charge in [0.05, 0.1) is 12.8 Å². The van der Waals surface area contributed by atoms with Crippen LogP contribution in [-0.2, 0) is 16.0 Å². The summed E-state index contributed by atoms with van der Waals surface area (Å²) in [6.07, 6.45) is 0.546. The van der Waals surface area contributed by atoms with E-state index >= 15 is 0 Å². The second-order valence-corrected chi connectivity index (χ2v) is 4.84. The number of benzene rings is 2. The van der Waals surface area contributed by atoms with Crippen LogP contribution in [0.2, 0.25) is 0 Å². The van der Waals surface area contributed by atoms with Crippen LogP contribution in [-0.4, -0.2) is 24.3 Å². The number of aliphatic imine (C=N–C) groups is 1. The van der Waals surface area contributed by atoms with Crippen molar-refractivity contribution in [3.8, 4) is 0 Å². The van der Waals surface area contributed by atoms with Gasteiger partial charge >= 0.3 is 5.97 Å². The molecule has 3 rings (SSSR count). The fraction of sp³-hybridized carbons (Fsp3) is 0.176. The quantitative estimate of drug-likeness (QED) is 0.797. The van der Waals surface area contributed by atoms with E-state index in [4.69, 9.17) is 4.74 Å². The minimum atomic E-state index is -0.836. The van der Waals surface area contributed by atoms with Crippen molar-refractivity contribution in [3.63, 3.8) is 0 Å². The normalized spacial score (nSPS) is 20.1. The topological polar surface area (TPSA) is 38.7 Å². The highest BCUT2D eigenvalue weighted by Crippen LogP contribution is 2.37. The average molecular weight is 265 g/mol. The zero-order valence-corrected chi connectivity index (χ0v) is 11.2. The van der Waals surface area contributed by atoms with Crippen LogP contribution in [0.25, 0.3) is 0 Å². The first-order valence-electron chi connectivity index (χ1n) is 6.54. The van der Waals surface area contributed by atoms with E-state index in [2.05, 4.69) is 4.99 Å². The molecule has 0 aliphatic carbocycles. The molecule has 0 N–H and O–H groups in total. The zero-order chi connectivity index (χ0) is 14.0. The van der Waals surface area contributed by atoms with E-state index in [0.29, 0.717) is 6.42 Å². The van der Waals surface area contributed by atoms with Crippen LogP contribution in [0.1, 0.15) is 11.1 Å². The van der Waals surface area contributed by atoms with Crippen LogP contribution < -0.4 is 0 Å². The Morgan fingerprint density at radius 2 is 1.65 bits per heavy atom. The second kappa shape index (κ2) is 4.93. The van der Waals surface area contributed by atoms with Gasteiger partial charge in [-0.3, -0.25) is 4.99 Å². The van der Waals surface area contributed by atoms with Gasteiger partial charge in [0.2, 0.25) is 5.54 Å². The number of ether oxygens (including phenoxy) is 1. The highest BCUT2D eigenvalue weighted by atomic mass is 16.5. The van der Waals surface area contributed by atoms with Gasteiger partial charge in [0.1, 0.15) is 0 Å². The summed E-state index contributed by atoms with van der Waals surface area (Å²) in [7, 11) is 1.41. The third-order valence-electron chi connectivity index (χ3n) is 3.52. The van der Waals surface area contributed by atoms with Crippen molar-refractivity contribution >= 4 is 11.7 Å². The SMILES string of the molecule is COC(=O)C1(Cc2ccccc2)N=C1c1ccccc1. The van der Waals surface area contributed by atoms with Crippen molar-refractivity contribution in [2.45, 2.75) is 12.0 Å². The van der Waals surface area contributed by atoms with Crippen LogP contribution in [0.5, 0.6) is 0 Å². The molecule has 2 aromatic rings. The van der Waals surface area contributed by atoms with Crippen LogP contribution in [0.15, 0.2) is 65.7 Å². The molecule has 1 heterocycles. The molecule has 0 fully saturated rings. The number of hydrogen-bond donors (Lipinski definition) is 0. The molecule has 0 bridgehead atoms. The first kappa shape index (κ1) is 12.6. The molecular formula is C17H15NO2. The molecule has 1 atom stereocenters. The predicted molar refractivity (Wildman–Crippen MR) is 77.9 cm³/mol. The van der Waals surface area contributed by atoms with Crippen LogP contribution in [0, 0.1) is 0 Å². The van der Waals surface area contributed by atoms with Gasteiger partial charge in [-0.2, -0.15) is 0 Å². The highest BCUT2D eigenvalue weighted by molar-refractivity contribution is 6.29. The molecule has 0 radical (unpaired) electrons. The lowest BCUT2D eigenvalue weighted by Crippen LogP contribution is -2.34. The van der Waals surface area contributed by atoms with Gasteiger partial charge in [0.15, 0.2) is 0 Å². The predicted octanol–water partition coefficient (Wildman–Crippen LogP) is 2.64. The molecule has 1 unspecified atom stereocenters. The molecule has 0 spiro atoms. The van der Waals surface area contributed by atoms with Crippen LogP contribution in [0.3, 0.4) is 0 Å². The lowest BCUT2D eigenvalue weighted by atomic mass is 9.91. The Balaban J connectivity index is 1.89. The smallest absolute Gasteiger partial charge is 0.340 e. The number of methoxy groups -OCH3 is 1. The molecule has 0 saturated carbocycles. The fourth-order valence-corrected chi connectivity index (χ4v) is 2.46. The van der Waals surface area contributed by atoms with Crippen molar-refractivity contribution in [2.24, 2.45) is 4.99 Å². The Morgan fingerprint density at radius 3 is 2.25 bits per heavy atom. The minimum absolute atomic E-state index is 0.291. The van der Waals surface area contributed by atoms with E-state index in [1.807, 2.05) is 60.7 Å². The number of rotatable bonds is 4. The van der Waals surface area contributed by atoms with E-state index in [9.17, 15) is 4.79 Å². The van der Waals surface area contributed by atoms with E-state index in [0.717, 1.165) is 16.8 Å². The molecule has 0 aromatic heterocycles. The Labute approximate surface area is 117 Å². The lowest BCUT2D eigenvalue weighted by molar-refractivity contribution is -0.142. The summed E-state index contributed by atoms with van der Waals surface area (Å²) < 4.78 is 4.95. The molecule has 1 aliphatic rings. The Morgan fingerprint density at radius 1 is 1.05 bits per heavy atom. The van der Waals surface area contributed by atoms with Gasteiger partial charge in [-0.25, -0.2) is 4.79 Å². The van der Waals surface area contributed by atoms with Gasteiger partial charge < -0.3 is 4.74 Å². The summed E-state index contributed by atoms with van der Waals surface area (Å²) in [5, 5.41) is 0. The molecule has 100 valence electrons. The first-order chi connectivity index (χ1) is 9.76. The molecule has 2 aromatic carbocycles. The molecule has 3 nitrogen and oxygen atoms in total. The Kier molecular flexibility index (Phi) is 3.11. The van der Waals surface area contributed by atoms with Crippen molar-refractivity contribution in [3.05, 3.63) is 71.8 Å². The number of nitrogens with zero attached hydrogens (tertiary/aromatic N) is 1. The molecule has 3 heteroatoms. The number of esters is 1. The highest BCUT2D eigenvalue weighted by Gasteiger charge is 2.55. The zero-order valence-electron chi connectivity index (χ0n) is 11.2. The fourth-order valence-electron chi connectivity index (χ4n) is 2.46. The van der Waals surface area contributed by atoms with Crippen LogP contribution >= 0.6 is 0 Å². The van der Waals surface area contributed by atoms with E-state index in [1.54, 1.807) is 0 Å². The number of carbonyl (C=O) groups excluding carboxylic acids is 1. The minimum Gasteiger partial charge on any atom is -0.467 e. The van der Waals surface area contributed by atoms with Crippen molar-refractivity contribution in [1.29, 1.82) is 0 Å². The molecule has 20 heavy (non-hydrogen) atoms. The van der Waals surface area contributed by atoms with Gasteiger partial charge in [0, 0.05) is 6.42 Å². The van der Waals surface area contributed by atoms with E-state index < -0.39 is 5.54 Å². The van der Waals surface area contributed by atoms with Gasteiger partial charge in [0.25, 0.3) is 0 Å². The Hall–Kier alpha value is -2.42. The third-order valence-corrected chi connectivity index (χ3v) is 3.52. The Bertz CT molecular complexity index is 649. The van der Waals surface area contributed by atoms with Gasteiger partial charge in [-0.15, -0.1) is 0 Å². The summed E-state index contributed by atoms with van der Waals surface area (Å²) in [5.74, 6) is -0.291. The number of hydrogen-bond acceptors (Lipinski definition) is 3. The van der Waals surface area contributed by atoms with Crippen LogP contribution in [0.4, 0.5) is 0 Å². The van der Waals surface area contributed by atoms with Crippen molar-refractivity contribution < 1.29 is 9.53 Å². The first-order valence-corrected chi connectivity index (χ1v) is 6.54. The van der Waals surface area contributed by atoms with E-state index in [1.165, 1.54) is 7.11 Å². The number of carbonyl (C=O) groups is 1. The maximum absolute atomic E-state index is 12.1. The summed E-state index contributed by atoms with van der Waals surface area (Å²) in [6, 6.07) is 19.7. The maximum atomic E-state index is 12.1. The second-order valence-electron chi connectivity index (χ2n) is 4.84. The lowest BCUT2D eigenvalue weighted by Gasteiger charge is -2.13. The maximum Gasteiger partial charge on any atom is 0.340 e. The van der Waals surface area contributed by atoms with Gasteiger partial charge in [-0.05, 0) is 11.1 Å². The molecule has 0 amide bonds. The average Bonchev–Trinajstić information content (AvgIpc) is 3.24. The monoisotopic (exact) mass is 265 g/mol. The van der Waals surface area contributed by atoms with E-state index in [-0.39, 0.29) is 5.97 Å². The largest absolute Gasteiger partial charge is 0.467 e. The standard InChI is InChI=1S/C17H15NO2/c1-20-16(19)17(12-13-8-4-2-5-9-13)15(18-17)14-10-6-3-7-11-14/h2-11H,12H2,1H3. The summed E-state index contributed by atoms with van der Waals surface area (Å²) in [5.41, 5.74) is 2.03. The third kappa shape index (κ3) is 2.11.